The fourth-order valence-corrected chi connectivity index (χ4v) is 2.09. The molecule has 6 heteroatoms. The number of aliphatic carboxylic acids is 1. The Hall–Kier alpha value is -2.11. The molecule has 0 aliphatic heterocycles. The van der Waals surface area contributed by atoms with Crippen molar-refractivity contribution in [2.75, 3.05) is 5.32 Å². The molecule has 2 aromatic rings. The highest BCUT2D eigenvalue weighted by molar-refractivity contribution is 5.78. The Balaban J connectivity index is 2.10. The SMILES string of the molecule is CC(CCC(=O)O)Nc1cnc2c(cnn2C(C)C)c1. The molecule has 0 aromatic carbocycles. The molecular formula is C14H20N4O2. The standard InChI is InChI=1S/C14H20N4O2/c1-9(2)18-14-11(7-16-18)6-12(8-15-14)17-10(3)4-5-13(19)20/h6-10,17H,4-5H2,1-3H3,(H,19,20). The molecule has 6 nitrogen and oxygen atoms in total. The van der Waals surface area contributed by atoms with Crippen LogP contribution in [0.1, 0.15) is 39.7 Å². The van der Waals surface area contributed by atoms with E-state index in [2.05, 4.69) is 29.2 Å². The third kappa shape index (κ3) is 3.26. The van der Waals surface area contributed by atoms with Crippen LogP contribution in [0.3, 0.4) is 0 Å². The molecule has 2 rings (SSSR count). The van der Waals surface area contributed by atoms with Gasteiger partial charge in [0, 0.05) is 23.9 Å². The molecule has 108 valence electrons. The maximum Gasteiger partial charge on any atom is 0.303 e. The van der Waals surface area contributed by atoms with Gasteiger partial charge < -0.3 is 10.4 Å². The number of pyridine rings is 1. The second-order valence-electron chi connectivity index (χ2n) is 5.30. The van der Waals surface area contributed by atoms with E-state index in [1.165, 1.54) is 0 Å². The van der Waals surface area contributed by atoms with Gasteiger partial charge in [0.05, 0.1) is 18.1 Å². The van der Waals surface area contributed by atoms with Crippen LogP contribution < -0.4 is 5.32 Å². The van der Waals surface area contributed by atoms with E-state index in [1.54, 1.807) is 12.4 Å². The summed E-state index contributed by atoms with van der Waals surface area (Å²) in [5, 5.41) is 17.2. The number of rotatable bonds is 6. The lowest BCUT2D eigenvalue weighted by Gasteiger charge is -2.14. The van der Waals surface area contributed by atoms with Crippen molar-refractivity contribution in [2.45, 2.75) is 45.7 Å². The van der Waals surface area contributed by atoms with Crippen molar-refractivity contribution < 1.29 is 9.90 Å². The first-order valence-electron chi connectivity index (χ1n) is 6.79. The zero-order valence-corrected chi connectivity index (χ0v) is 12.0. The summed E-state index contributed by atoms with van der Waals surface area (Å²) in [6.45, 7) is 6.09. The topological polar surface area (TPSA) is 80.0 Å². The van der Waals surface area contributed by atoms with Gasteiger partial charge in [-0.25, -0.2) is 9.67 Å². The average Bonchev–Trinajstić information content (AvgIpc) is 2.79. The number of fused-ring (bicyclic) bond motifs is 1. The summed E-state index contributed by atoms with van der Waals surface area (Å²) in [6.07, 6.45) is 4.31. The van der Waals surface area contributed by atoms with Crippen molar-refractivity contribution in [3.8, 4) is 0 Å². The quantitative estimate of drug-likeness (QED) is 0.848. The van der Waals surface area contributed by atoms with Crippen LogP contribution in [0.15, 0.2) is 18.5 Å². The maximum absolute atomic E-state index is 10.5. The van der Waals surface area contributed by atoms with Gasteiger partial charge in [0.2, 0.25) is 0 Å². The van der Waals surface area contributed by atoms with Crippen LogP contribution >= 0.6 is 0 Å². The molecule has 0 fully saturated rings. The van der Waals surface area contributed by atoms with Crippen LogP contribution in [0.25, 0.3) is 11.0 Å². The van der Waals surface area contributed by atoms with Crippen LogP contribution in [-0.2, 0) is 4.79 Å². The van der Waals surface area contributed by atoms with E-state index in [-0.39, 0.29) is 18.5 Å². The van der Waals surface area contributed by atoms with Gasteiger partial charge in [-0.05, 0) is 33.3 Å². The van der Waals surface area contributed by atoms with E-state index in [0.717, 1.165) is 16.7 Å². The molecule has 0 bridgehead atoms. The van der Waals surface area contributed by atoms with Gasteiger partial charge in [0.15, 0.2) is 5.65 Å². The van der Waals surface area contributed by atoms with Crippen LogP contribution in [0.5, 0.6) is 0 Å². The van der Waals surface area contributed by atoms with Crippen molar-refractivity contribution in [1.82, 2.24) is 14.8 Å². The van der Waals surface area contributed by atoms with Crippen LogP contribution in [0.2, 0.25) is 0 Å². The Labute approximate surface area is 117 Å². The predicted octanol–water partition coefficient (Wildman–Crippen LogP) is 2.68. The van der Waals surface area contributed by atoms with E-state index >= 15 is 0 Å². The number of nitrogens with one attached hydrogen (secondary N) is 1. The lowest BCUT2D eigenvalue weighted by molar-refractivity contribution is -0.137. The summed E-state index contributed by atoms with van der Waals surface area (Å²) in [4.78, 5) is 15.0. The molecule has 1 unspecified atom stereocenters. The van der Waals surface area contributed by atoms with Crippen LogP contribution in [0.4, 0.5) is 5.69 Å². The summed E-state index contributed by atoms with van der Waals surface area (Å²) in [7, 11) is 0. The Bertz CT molecular complexity index is 606. The second-order valence-corrected chi connectivity index (χ2v) is 5.30. The van der Waals surface area contributed by atoms with Gasteiger partial charge in [0.1, 0.15) is 0 Å². The molecule has 0 saturated heterocycles. The van der Waals surface area contributed by atoms with Crippen molar-refractivity contribution in [3.05, 3.63) is 18.5 Å². The van der Waals surface area contributed by atoms with E-state index in [1.807, 2.05) is 17.7 Å². The van der Waals surface area contributed by atoms with Gasteiger partial charge in [-0.2, -0.15) is 5.10 Å². The molecule has 0 spiro atoms. The zero-order chi connectivity index (χ0) is 14.7. The molecule has 0 saturated carbocycles. The van der Waals surface area contributed by atoms with E-state index < -0.39 is 5.97 Å². The normalized spacial score (nSPS) is 12.8. The van der Waals surface area contributed by atoms with Gasteiger partial charge in [-0.15, -0.1) is 0 Å². The average molecular weight is 276 g/mol. The van der Waals surface area contributed by atoms with Gasteiger partial charge in [-0.3, -0.25) is 4.79 Å². The van der Waals surface area contributed by atoms with Crippen molar-refractivity contribution in [1.29, 1.82) is 0 Å². The molecule has 2 N–H and O–H groups in total. The number of carboxylic acid groups (broad SMARTS) is 1. The Kier molecular flexibility index (Phi) is 4.22. The van der Waals surface area contributed by atoms with E-state index in [9.17, 15) is 4.79 Å². The van der Waals surface area contributed by atoms with E-state index in [4.69, 9.17) is 5.11 Å². The third-order valence-corrected chi connectivity index (χ3v) is 3.13. The number of hydrogen-bond acceptors (Lipinski definition) is 4. The number of hydrogen-bond donors (Lipinski definition) is 2. The highest BCUT2D eigenvalue weighted by Crippen LogP contribution is 2.19. The molecule has 2 aromatic heterocycles. The first-order chi connectivity index (χ1) is 9.47. The molecule has 0 amide bonds. The first-order valence-corrected chi connectivity index (χ1v) is 6.79. The Morgan fingerprint density at radius 3 is 2.80 bits per heavy atom. The minimum absolute atomic E-state index is 0.0884. The lowest BCUT2D eigenvalue weighted by atomic mass is 10.2. The molecule has 0 aliphatic carbocycles. The monoisotopic (exact) mass is 276 g/mol. The third-order valence-electron chi connectivity index (χ3n) is 3.13. The summed E-state index contributed by atoms with van der Waals surface area (Å²) in [5.41, 5.74) is 1.75. The minimum Gasteiger partial charge on any atom is -0.481 e. The Morgan fingerprint density at radius 1 is 1.40 bits per heavy atom. The number of aromatic nitrogens is 3. The molecule has 0 radical (unpaired) electrons. The van der Waals surface area contributed by atoms with Gasteiger partial charge >= 0.3 is 5.97 Å². The fraction of sp³-hybridized carbons (Fsp3) is 0.500. The fourth-order valence-electron chi connectivity index (χ4n) is 2.09. The summed E-state index contributed by atoms with van der Waals surface area (Å²) >= 11 is 0. The highest BCUT2D eigenvalue weighted by Gasteiger charge is 2.09. The number of carboxylic acids is 1. The van der Waals surface area contributed by atoms with Gasteiger partial charge in [-0.1, -0.05) is 0 Å². The molecule has 0 aliphatic rings. The largest absolute Gasteiger partial charge is 0.481 e. The second kappa shape index (κ2) is 5.90. The van der Waals surface area contributed by atoms with Crippen molar-refractivity contribution >= 4 is 22.7 Å². The number of carbonyl (C=O) groups is 1. The van der Waals surface area contributed by atoms with Crippen LogP contribution in [-0.4, -0.2) is 31.9 Å². The highest BCUT2D eigenvalue weighted by atomic mass is 16.4. The zero-order valence-electron chi connectivity index (χ0n) is 12.0. The van der Waals surface area contributed by atoms with Crippen molar-refractivity contribution in [3.63, 3.8) is 0 Å². The Morgan fingerprint density at radius 2 is 2.15 bits per heavy atom. The number of nitrogens with zero attached hydrogens (tertiary/aromatic N) is 3. The molecule has 2 heterocycles. The molecule has 1 atom stereocenters. The molecular weight excluding hydrogens is 256 g/mol. The smallest absolute Gasteiger partial charge is 0.303 e. The predicted molar refractivity (Wildman–Crippen MR) is 77.9 cm³/mol. The van der Waals surface area contributed by atoms with Crippen LogP contribution in [0, 0.1) is 0 Å². The minimum atomic E-state index is -0.773. The molecule has 20 heavy (non-hydrogen) atoms. The lowest BCUT2D eigenvalue weighted by Crippen LogP contribution is -2.16. The van der Waals surface area contributed by atoms with Crippen molar-refractivity contribution in [2.24, 2.45) is 0 Å². The summed E-state index contributed by atoms with van der Waals surface area (Å²) in [5.74, 6) is -0.773. The summed E-state index contributed by atoms with van der Waals surface area (Å²) in [6, 6.07) is 2.35. The first kappa shape index (κ1) is 14.3. The number of anilines is 1. The summed E-state index contributed by atoms with van der Waals surface area (Å²) < 4.78 is 1.88. The maximum atomic E-state index is 10.5. The van der Waals surface area contributed by atoms with E-state index in [0.29, 0.717) is 6.42 Å². The van der Waals surface area contributed by atoms with Gasteiger partial charge in [0.25, 0.3) is 0 Å².